The molecule has 0 bridgehead atoms. The standard InChI is InChI=1S/C14H22N4O2.C2HF3O2/c1-9(2)7-12(15)14(20)17-11-5-6-13(16-8-11)18(4)10(3)19;3-2(4,5)1(6)7/h5-6,8-9,12H,7,15H2,1-4H3,(H,17,20);(H,6,7). The Hall–Kier alpha value is -2.69. The summed E-state index contributed by atoms with van der Waals surface area (Å²) in [6.45, 7) is 5.49. The van der Waals surface area contributed by atoms with Crippen molar-refractivity contribution in [2.24, 2.45) is 11.7 Å². The van der Waals surface area contributed by atoms with Crippen LogP contribution in [0, 0.1) is 5.92 Å². The quantitative estimate of drug-likeness (QED) is 0.704. The SMILES string of the molecule is CC(=O)N(C)c1ccc(NC(=O)C(N)CC(C)C)cn1.O=C(O)C(F)(F)F. The van der Waals surface area contributed by atoms with E-state index in [1.165, 1.54) is 18.0 Å². The summed E-state index contributed by atoms with van der Waals surface area (Å²) in [7, 11) is 1.64. The highest BCUT2D eigenvalue weighted by Gasteiger charge is 2.38. The van der Waals surface area contributed by atoms with Gasteiger partial charge >= 0.3 is 12.1 Å². The van der Waals surface area contributed by atoms with E-state index in [0.29, 0.717) is 23.8 Å². The Morgan fingerprint density at radius 1 is 1.30 bits per heavy atom. The van der Waals surface area contributed by atoms with Gasteiger partial charge in [0.25, 0.3) is 0 Å². The first-order valence-electron chi connectivity index (χ1n) is 7.82. The third-order valence-electron chi connectivity index (χ3n) is 3.14. The number of alkyl halides is 3. The van der Waals surface area contributed by atoms with Crippen LogP contribution >= 0.6 is 0 Å². The van der Waals surface area contributed by atoms with Gasteiger partial charge in [0.2, 0.25) is 11.8 Å². The number of rotatable bonds is 5. The molecule has 152 valence electrons. The molecule has 2 amide bonds. The molecule has 4 N–H and O–H groups in total. The molecule has 0 aliphatic carbocycles. The summed E-state index contributed by atoms with van der Waals surface area (Å²) in [4.78, 5) is 37.5. The lowest BCUT2D eigenvalue weighted by molar-refractivity contribution is -0.192. The van der Waals surface area contributed by atoms with Crippen LogP contribution in [0.5, 0.6) is 0 Å². The van der Waals surface area contributed by atoms with Crippen molar-refractivity contribution in [3.8, 4) is 0 Å². The van der Waals surface area contributed by atoms with Gasteiger partial charge in [-0.25, -0.2) is 9.78 Å². The molecule has 0 aliphatic heterocycles. The van der Waals surface area contributed by atoms with E-state index in [0.717, 1.165) is 0 Å². The van der Waals surface area contributed by atoms with Gasteiger partial charge in [0.15, 0.2) is 0 Å². The van der Waals surface area contributed by atoms with Crippen molar-refractivity contribution in [1.29, 1.82) is 0 Å². The zero-order valence-electron chi connectivity index (χ0n) is 15.4. The number of nitrogens with one attached hydrogen (secondary N) is 1. The van der Waals surface area contributed by atoms with E-state index >= 15 is 0 Å². The van der Waals surface area contributed by atoms with Crippen molar-refractivity contribution in [2.75, 3.05) is 17.3 Å². The number of halogens is 3. The minimum atomic E-state index is -5.08. The number of nitrogens with two attached hydrogens (primary N) is 1. The number of pyridine rings is 1. The topological polar surface area (TPSA) is 126 Å². The minimum Gasteiger partial charge on any atom is -0.475 e. The Labute approximate surface area is 154 Å². The molecule has 0 saturated heterocycles. The second-order valence-electron chi connectivity index (χ2n) is 6.01. The summed E-state index contributed by atoms with van der Waals surface area (Å²) in [5, 5.41) is 9.84. The molecular formula is C16H23F3N4O4. The van der Waals surface area contributed by atoms with Crippen molar-refractivity contribution in [2.45, 2.75) is 39.4 Å². The Kier molecular flexibility index (Phi) is 9.41. The number of carboxylic acid groups (broad SMARTS) is 1. The second-order valence-corrected chi connectivity index (χ2v) is 6.01. The molecule has 0 spiro atoms. The first kappa shape index (κ1) is 24.3. The van der Waals surface area contributed by atoms with Gasteiger partial charge in [0, 0.05) is 14.0 Å². The largest absolute Gasteiger partial charge is 0.490 e. The second kappa shape index (κ2) is 10.5. The fourth-order valence-electron chi connectivity index (χ4n) is 1.67. The highest BCUT2D eigenvalue weighted by Crippen LogP contribution is 2.14. The average molecular weight is 392 g/mol. The molecule has 0 saturated carbocycles. The van der Waals surface area contributed by atoms with Crippen LogP contribution in [0.25, 0.3) is 0 Å². The summed E-state index contributed by atoms with van der Waals surface area (Å²) < 4.78 is 31.7. The van der Waals surface area contributed by atoms with Crippen LogP contribution in [-0.2, 0) is 14.4 Å². The van der Waals surface area contributed by atoms with Crippen LogP contribution in [0.4, 0.5) is 24.7 Å². The summed E-state index contributed by atoms with van der Waals surface area (Å²) in [5.74, 6) is -2.20. The maximum absolute atomic E-state index is 11.8. The number of hydrogen-bond donors (Lipinski definition) is 3. The highest BCUT2D eigenvalue weighted by molar-refractivity contribution is 5.95. The number of carboxylic acids is 1. The average Bonchev–Trinajstić information content (AvgIpc) is 2.53. The van der Waals surface area contributed by atoms with Crippen LogP contribution in [0.2, 0.25) is 0 Å². The lowest BCUT2D eigenvalue weighted by atomic mass is 10.0. The Bertz CT molecular complexity index is 648. The number of anilines is 2. The molecule has 0 aromatic carbocycles. The van der Waals surface area contributed by atoms with Gasteiger partial charge in [-0.05, 0) is 24.5 Å². The van der Waals surface area contributed by atoms with E-state index in [-0.39, 0.29) is 11.8 Å². The normalized spacial score (nSPS) is 11.9. The predicted octanol–water partition coefficient (Wildman–Crippen LogP) is 2.01. The van der Waals surface area contributed by atoms with Gasteiger partial charge in [-0.3, -0.25) is 9.59 Å². The van der Waals surface area contributed by atoms with Gasteiger partial charge in [0.05, 0.1) is 17.9 Å². The third-order valence-corrected chi connectivity index (χ3v) is 3.14. The number of aliphatic carboxylic acids is 1. The molecule has 0 aliphatic rings. The molecule has 1 unspecified atom stereocenters. The van der Waals surface area contributed by atoms with Crippen LogP contribution in [0.15, 0.2) is 18.3 Å². The van der Waals surface area contributed by atoms with Crippen LogP contribution in [-0.4, -0.2) is 47.1 Å². The molecule has 27 heavy (non-hydrogen) atoms. The molecule has 1 rings (SSSR count). The van der Waals surface area contributed by atoms with Gasteiger partial charge in [0.1, 0.15) is 5.82 Å². The molecule has 1 atom stereocenters. The van der Waals surface area contributed by atoms with Crippen molar-refractivity contribution >= 4 is 29.3 Å². The number of nitrogens with zero attached hydrogens (tertiary/aromatic N) is 2. The molecular weight excluding hydrogens is 369 g/mol. The van der Waals surface area contributed by atoms with Crippen LogP contribution in [0.1, 0.15) is 27.2 Å². The fraction of sp³-hybridized carbons (Fsp3) is 0.500. The molecule has 8 nitrogen and oxygen atoms in total. The predicted molar refractivity (Wildman–Crippen MR) is 93.1 cm³/mol. The van der Waals surface area contributed by atoms with Gasteiger partial charge in [-0.15, -0.1) is 0 Å². The molecule has 0 radical (unpaired) electrons. The monoisotopic (exact) mass is 392 g/mol. The van der Waals surface area contributed by atoms with Gasteiger partial charge in [-0.2, -0.15) is 13.2 Å². The Balaban J connectivity index is 0.000000821. The van der Waals surface area contributed by atoms with E-state index < -0.39 is 18.2 Å². The minimum absolute atomic E-state index is 0.103. The maximum Gasteiger partial charge on any atom is 0.490 e. The van der Waals surface area contributed by atoms with E-state index in [4.69, 9.17) is 15.6 Å². The lowest BCUT2D eigenvalue weighted by Gasteiger charge is -2.16. The molecule has 11 heteroatoms. The summed E-state index contributed by atoms with van der Waals surface area (Å²) in [5.41, 5.74) is 6.36. The van der Waals surface area contributed by atoms with Crippen molar-refractivity contribution in [1.82, 2.24) is 4.98 Å². The van der Waals surface area contributed by atoms with Crippen molar-refractivity contribution < 1.29 is 32.7 Å². The molecule has 0 fully saturated rings. The third kappa shape index (κ3) is 9.54. The van der Waals surface area contributed by atoms with Gasteiger partial charge in [-0.1, -0.05) is 13.8 Å². The van der Waals surface area contributed by atoms with E-state index in [2.05, 4.69) is 10.3 Å². The van der Waals surface area contributed by atoms with Crippen LogP contribution < -0.4 is 16.0 Å². The van der Waals surface area contributed by atoms with E-state index in [1.807, 2.05) is 13.8 Å². The van der Waals surface area contributed by atoms with Crippen molar-refractivity contribution in [3.63, 3.8) is 0 Å². The zero-order chi connectivity index (χ0) is 21.4. The van der Waals surface area contributed by atoms with Crippen molar-refractivity contribution in [3.05, 3.63) is 18.3 Å². The number of hydrogen-bond acceptors (Lipinski definition) is 5. The Morgan fingerprint density at radius 3 is 2.15 bits per heavy atom. The van der Waals surface area contributed by atoms with E-state index in [9.17, 15) is 22.8 Å². The Morgan fingerprint density at radius 2 is 1.81 bits per heavy atom. The number of carbonyl (C=O) groups is 3. The number of carbonyl (C=O) groups excluding carboxylic acids is 2. The highest BCUT2D eigenvalue weighted by atomic mass is 19.4. The van der Waals surface area contributed by atoms with Gasteiger partial charge < -0.3 is 21.1 Å². The number of amides is 2. The zero-order valence-corrected chi connectivity index (χ0v) is 15.4. The molecule has 1 heterocycles. The van der Waals surface area contributed by atoms with E-state index in [1.54, 1.807) is 19.2 Å². The fourth-order valence-corrected chi connectivity index (χ4v) is 1.67. The first-order chi connectivity index (χ1) is 12.3. The smallest absolute Gasteiger partial charge is 0.475 e. The summed E-state index contributed by atoms with van der Waals surface area (Å²) in [6, 6.07) is 2.84. The molecule has 1 aromatic heterocycles. The lowest BCUT2D eigenvalue weighted by Crippen LogP contribution is -2.36. The summed E-state index contributed by atoms with van der Waals surface area (Å²) in [6.07, 6.45) is -2.95. The molecule has 1 aromatic rings. The summed E-state index contributed by atoms with van der Waals surface area (Å²) >= 11 is 0. The first-order valence-corrected chi connectivity index (χ1v) is 7.82. The van der Waals surface area contributed by atoms with Crippen LogP contribution in [0.3, 0.4) is 0 Å². The maximum atomic E-state index is 11.8. The number of aromatic nitrogens is 1.